The first kappa shape index (κ1) is 21.0. The van der Waals surface area contributed by atoms with Gasteiger partial charge in [-0.2, -0.15) is 0 Å². The summed E-state index contributed by atoms with van der Waals surface area (Å²) in [4.78, 5) is 17.5. The number of hydrogen-bond donors (Lipinski definition) is 0. The molecule has 1 aromatic rings. The molecule has 0 aromatic heterocycles. The average Bonchev–Trinajstić information content (AvgIpc) is 2.97. The topological polar surface area (TPSA) is 87.0 Å². The molecule has 3 rings (SSSR count). The Bertz CT molecular complexity index is 811. The highest BCUT2D eigenvalue weighted by Gasteiger charge is 2.28. The van der Waals surface area contributed by atoms with E-state index in [1.165, 1.54) is 25.0 Å². The Hall–Kier alpha value is -1.71. The number of nitrogens with zero attached hydrogens (tertiary/aromatic N) is 4. The van der Waals surface area contributed by atoms with Crippen molar-refractivity contribution in [2.45, 2.75) is 43.7 Å². The minimum Gasteiger partial charge on any atom is -0.368 e. The Morgan fingerprint density at radius 2 is 1.68 bits per heavy atom. The lowest BCUT2D eigenvalue weighted by molar-refractivity contribution is -0.385. The van der Waals surface area contributed by atoms with Gasteiger partial charge in [-0.05, 0) is 32.8 Å². The molecule has 1 aromatic carbocycles. The summed E-state index contributed by atoms with van der Waals surface area (Å²) < 4.78 is 24.4. The molecule has 0 spiro atoms. The maximum Gasteiger partial charge on any atom is 0.270 e. The number of non-ortho nitro benzene ring substituents is 1. The number of hydrogen-bond acceptors (Lipinski definition) is 7. The molecule has 156 valence electrons. The molecule has 2 heterocycles. The van der Waals surface area contributed by atoms with Crippen LogP contribution in [0.15, 0.2) is 23.1 Å². The lowest BCUT2D eigenvalue weighted by Crippen LogP contribution is -2.49. The number of rotatable bonds is 6. The van der Waals surface area contributed by atoms with Crippen molar-refractivity contribution in [2.24, 2.45) is 0 Å². The van der Waals surface area contributed by atoms with E-state index >= 15 is 0 Å². The minimum absolute atomic E-state index is 0.0369. The van der Waals surface area contributed by atoms with E-state index in [0.29, 0.717) is 30.9 Å². The second-order valence-corrected chi connectivity index (χ2v) is 10.0. The summed E-state index contributed by atoms with van der Waals surface area (Å²) in [5, 5.41) is 11.0. The van der Waals surface area contributed by atoms with Gasteiger partial charge in [-0.25, -0.2) is 8.42 Å². The fourth-order valence-corrected chi connectivity index (χ4v) is 5.24. The fourth-order valence-electron chi connectivity index (χ4n) is 4.33. The van der Waals surface area contributed by atoms with Crippen LogP contribution in [0, 0.1) is 10.1 Å². The molecule has 2 aliphatic heterocycles. The van der Waals surface area contributed by atoms with E-state index in [4.69, 9.17) is 0 Å². The predicted octanol–water partition coefficient (Wildman–Crippen LogP) is 1.99. The van der Waals surface area contributed by atoms with Gasteiger partial charge in [0.15, 0.2) is 9.84 Å². The normalized spacial score (nSPS) is 24.6. The first-order chi connectivity index (χ1) is 13.2. The monoisotopic (exact) mass is 410 g/mol. The maximum atomic E-state index is 12.2. The van der Waals surface area contributed by atoms with Crippen molar-refractivity contribution in [1.82, 2.24) is 9.80 Å². The van der Waals surface area contributed by atoms with Crippen molar-refractivity contribution >= 4 is 21.2 Å². The molecule has 0 N–H and O–H groups in total. The molecule has 9 heteroatoms. The van der Waals surface area contributed by atoms with Crippen molar-refractivity contribution in [1.29, 1.82) is 0 Å². The summed E-state index contributed by atoms with van der Waals surface area (Å²) in [6, 6.07) is 5.42. The highest BCUT2D eigenvalue weighted by Crippen LogP contribution is 2.30. The molecule has 2 aliphatic rings. The van der Waals surface area contributed by atoms with Gasteiger partial charge in [0.2, 0.25) is 0 Å². The quantitative estimate of drug-likeness (QED) is 0.523. The van der Waals surface area contributed by atoms with Crippen LogP contribution in [0.25, 0.3) is 0 Å². The Balaban J connectivity index is 1.64. The summed E-state index contributed by atoms with van der Waals surface area (Å²) >= 11 is 0. The van der Waals surface area contributed by atoms with Gasteiger partial charge in [0.1, 0.15) is 0 Å². The first-order valence-electron chi connectivity index (χ1n) is 9.88. The van der Waals surface area contributed by atoms with Gasteiger partial charge in [-0.15, -0.1) is 0 Å². The second kappa shape index (κ2) is 8.34. The van der Waals surface area contributed by atoms with Crippen LogP contribution < -0.4 is 4.90 Å². The zero-order chi connectivity index (χ0) is 20.5. The number of piperazine rings is 1. The minimum atomic E-state index is -3.55. The van der Waals surface area contributed by atoms with Crippen LogP contribution in [0.5, 0.6) is 0 Å². The smallest absolute Gasteiger partial charge is 0.270 e. The zero-order valence-electron chi connectivity index (χ0n) is 16.9. The van der Waals surface area contributed by atoms with E-state index < -0.39 is 14.8 Å². The largest absolute Gasteiger partial charge is 0.368 e. The van der Waals surface area contributed by atoms with Crippen molar-refractivity contribution in [3.63, 3.8) is 0 Å². The lowest BCUT2D eigenvalue weighted by Gasteiger charge is -2.38. The van der Waals surface area contributed by atoms with Crippen LogP contribution >= 0.6 is 0 Å². The van der Waals surface area contributed by atoms with Crippen LogP contribution in [0.3, 0.4) is 0 Å². The summed E-state index contributed by atoms with van der Waals surface area (Å²) in [5.74, 6) is 0. The van der Waals surface area contributed by atoms with E-state index in [1.807, 2.05) is 4.90 Å². The summed E-state index contributed by atoms with van der Waals surface area (Å²) in [5.41, 5.74) is 0.367. The Labute approximate surface area is 167 Å². The van der Waals surface area contributed by atoms with Crippen molar-refractivity contribution < 1.29 is 13.3 Å². The third-order valence-electron chi connectivity index (χ3n) is 6.08. The maximum absolute atomic E-state index is 12.2. The van der Waals surface area contributed by atoms with E-state index in [-0.39, 0.29) is 10.6 Å². The predicted molar refractivity (Wildman–Crippen MR) is 110 cm³/mol. The molecule has 2 unspecified atom stereocenters. The number of benzene rings is 1. The van der Waals surface area contributed by atoms with Gasteiger partial charge in [0.05, 0.1) is 15.5 Å². The van der Waals surface area contributed by atoms with Gasteiger partial charge in [-0.3, -0.25) is 19.9 Å². The second-order valence-electron chi connectivity index (χ2n) is 8.02. The van der Waals surface area contributed by atoms with E-state index in [1.54, 1.807) is 6.07 Å². The Morgan fingerprint density at radius 3 is 2.21 bits per heavy atom. The number of anilines is 1. The molecule has 0 saturated carbocycles. The fraction of sp³-hybridized carbons (Fsp3) is 0.684. The number of sulfone groups is 1. The molecule has 0 aliphatic carbocycles. The zero-order valence-corrected chi connectivity index (χ0v) is 17.7. The molecule has 0 bridgehead atoms. The van der Waals surface area contributed by atoms with Crippen molar-refractivity contribution in [3.8, 4) is 0 Å². The van der Waals surface area contributed by atoms with Crippen LogP contribution in [-0.4, -0.2) is 80.7 Å². The molecule has 2 fully saturated rings. The molecule has 2 atom stereocenters. The third kappa shape index (κ3) is 4.64. The van der Waals surface area contributed by atoms with Crippen LogP contribution in [0.2, 0.25) is 0 Å². The van der Waals surface area contributed by atoms with Gasteiger partial charge in [-0.1, -0.05) is 0 Å². The van der Waals surface area contributed by atoms with E-state index in [0.717, 1.165) is 32.4 Å². The molecule has 0 radical (unpaired) electrons. The van der Waals surface area contributed by atoms with Gasteiger partial charge in [0.25, 0.3) is 5.69 Å². The number of nitro groups is 1. The van der Waals surface area contributed by atoms with Gasteiger partial charge in [0, 0.05) is 69.7 Å². The van der Waals surface area contributed by atoms with Crippen LogP contribution in [0.1, 0.15) is 26.7 Å². The van der Waals surface area contributed by atoms with Crippen LogP contribution in [0.4, 0.5) is 11.4 Å². The number of likely N-dealkylation sites (tertiary alicyclic amines) is 1. The van der Waals surface area contributed by atoms with Crippen LogP contribution in [-0.2, 0) is 9.84 Å². The molecule has 8 nitrogen and oxygen atoms in total. The summed E-state index contributed by atoms with van der Waals surface area (Å²) in [6.45, 7) is 9.81. The summed E-state index contributed by atoms with van der Waals surface area (Å²) in [6.07, 6.45) is 3.64. The molecule has 2 saturated heterocycles. The summed E-state index contributed by atoms with van der Waals surface area (Å²) in [7, 11) is -3.55. The van der Waals surface area contributed by atoms with E-state index in [2.05, 4.69) is 23.6 Å². The van der Waals surface area contributed by atoms with Gasteiger partial charge < -0.3 is 4.90 Å². The highest BCUT2D eigenvalue weighted by molar-refractivity contribution is 7.90. The van der Waals surface area contributed by atoms with E-state index in [9.17, 15) is 18.5 Å². The Morgan fingerprint density at radius 1 is 1.07 bits per heavy atom. The molecular weight excluding hydrogens is 380 g/mol. The third-order valence-corrected chi connectivity index (χ3v) is 7.20. The van der Waals surface area contributed by atoms with Crippen molar-refractivity contribution in [3.05, 3.63) is 28.3 Å². The Kier molecular flexibility index (Phi) is 6.26. The SMILES string of the molecule is CC1CCC(C)N1CCN1CCN(c2ccc([N+](=O)[O-])cc2S(C)(=O)=O)CC1. The standard InChI is InChI=1S/C19H30N4O4S/c1-15-4-5-16(2)22(15)13-10-20-8-11-21(12-9-20)18-7-6-17(23(24)25)14-19(18)28(3,26)27/h6-7,14-16H,4-5,8-13H2,1-3H3. The molecular formula is C19H30N4O4S. The average molecular weight is 411 g/mol. The first-order valence-corrected chi connectivity index (χ1v) is 11.8. The molecule has 0 amide bonds. The van der Waals surface area contributed by atoms with Gasteiger partial charge >= 0.3 is 0 Å². The number of nitro benzene ring substituents is 1. The van der Waals surface area contributed by atoms with Crippen molar-refractivity contribution in [2.75, 3.05) is 50.4 Å². The highest BCUT2D eigenvalue weighted by atomic mass is 32.2. The lowest BCUT2D eigenvalue weighted by atomic mass is 10.2. The molecule has 28 heavy (non-hydrogen) atoms.